The van der Waals surface area contributed by atoms with Gasteiger partial charge in [0.2, 0.25) is 5.91 Å². The van der Waals surface area contributed by atoms with Crippen molar-refractivity contribution in [3.05, 3.63) is 42.5 Å². The summed E-state index contributed by atoms with van der Waals surface area (Å²) in [6.45, 7) is 3.95. The molecule has 2 N–H and O–H groups in total. The maximum atomic E-state index is 11.7. The molecule has 0 spiro atoms. The molecule has 1 atom stereocenters. The van der Waals surface area contributed by atoms with Gasteiger partial charge in [-0.15, -0.1) is 6.58 Å². The maximum Gasteiger partial charge on any atom is 0.326 e. The second kappa shape index (κ2) is 5.56. The van der Waals surface area contributed by atoms with E-state index in [0.29, 0.717) is 13.0 Å². The molecule has 100 valence electrons. The number of hydrogen-bond donors (Lipinski definition) is 2. The van der Waals surface area contributed by atoms with Gasteiger partial charge in [-0.05, 0) is 11.6 Å². The van der Waals surface area contributed by atoms with Crippen LogP contribution in [0.15, 0.2) is 36.9 Å². The first-order valence-electron chi connectivity index (χ1n) is 6.08. The molecule has 1 aromatic carbocycles. The SMILES string of the molecule is C=CCNC(=O)CN1c2ccccc2CC1C(=O)O. The molecular weight excluding hydrogens is 244 g/mol. The molecule has 5 heteroatoms. The normalized spacial score (nSPS) is 16.8. The zero-order valence-corrected chi connectivity index (χ0v) is 10.5. The number of amides is 1. The van der Waals surface area contributed by atoms with Crippen molar-refractivity contribution in [3.63, 3.8) is 0 Å². The molecule has 2 rings (SSSR count). The van der Waals surface area contributed by atoms with Crippen molar-refractivity contribution in [2.75, 3.05) is 18.0 Å². The maximum absolute atomic E-state index is 11.7. The predicted molar refractivity (Wildman–Crippen MR) is 72.1 cm³/mol. The molecule has 0 fully saturated rings. The monoisotopic (exact) mass is 260 g/mol. The molecule has 1 amide bonds. The summed E-state index contributed by atoms with van der Waals surface area (Å²) in [6, 6.07) is 6.79. The number of anilines is 1. The molecule has 0 saturated carbocycles. The zero-order valence-electron chi connectivity index (χ0n) is 10.5. The van der Waals surface area contributed by atoms with Crippen LogP contribution >= 0.6 is 0 Å². The average molecular weight is 260 g/mol. The summed E-state index contributed by atoms with van der Waals surface area (Å²) >= 11 is 0. The lowest BCUT2D eigenvalue weighted by Gasteiger charge is -2.23. The Morgan fingerprint density at radius 1 is 1.47 bits per heavy atom. The number of nitrogens with one attached hydrogen (secondary N) is 1. The lowest BCUT2D eigenvalue weighted by molar-refractivity contribution is -0.138. The second-order valence-electron chi connectivity index (χ2n) is 4.41. The summed E-state index contributed by atoms with van der Waals surface area (Å²) in [5.41, 5.74) is 1.79. The van der Waals surface area contributed by atoms with Gasteiger partial charge in [0, 0.05) is 18.7 Å². The first-order chi connectivity index (χ1) is 9.13. The van der Waals surface area contributed by atoms with Crippen molar-refractivity contribution in [1.82, 2.24) is 5.32 Å². The number of rotatable bonds is 5. The molecule has 1 aliphatic rings. The lowest BCUT2D eigenvalue weighted by Crippen LogP contribution is -2.44. The van der Waals surface area contributed by atoms with E-state index in [9.17, 15) is 14.7 Å². The van der Waals surface area contributed by atoms with E-state index >= 15 is 0 Å². The number of benzene rings is 1. The first-order valence-corrected chi connectivity index (χ1v) is 6.08. The number of aliphatic carboxylic acids is 1. The van der Waals surface area contributed by atoms with E-state index < -0.39 is 12.0 Å². The highest BCUT2D eigenvalue weighted by Gasteiger charge is 2.34. The van der Waals surface area contributed by atoms with Crippen molar-refractivity contribution in [1.29, 1.82) is 0 Å². The molecule has 0 radical (unpaired) electrons. The van der Waals surface area contributed by atoms with Crippen LogP contribution in [0, 0.1) is 0 Å². The fourth-order valence-electron chi connectivity index (χ4n) is 2.26. The van der Waals surface area contributed by atoms with Gasteiger partial charge in [0.05, 0.1) is 6.54 Å². The van der Waals surface area contributed by atoms with Crippen molar-refractivity contribution in [3.8, 4) is 0 Å². The summed E-state index contributed by atoms with van der Waals surface area (Å²) in [6.07, 6.45) is 2.02. The largest absolute Gasteiger partial charge is 0.480 e. The Bertz CT molecular complexity index is 513. The van der Waals surface area contributed by atoms with E-state index in [1.54, 1.807) is 11.0 Å². The van der Waals surface area contributed by atoms with Crippen LogP contribution in [0.25, 0.3) is 0 Å². The van der Waals surface area contributed by atoms with E-state index in [2.05, 4.69) is 11.9 Å². The van der Waals surface area contributed by atoms with Crippen molar-refractivity contribution in [2.45, 2.75) is 12.5 Å². The summed E-state index contributed by atoms with van der Waals surface area (Å²) in [7, 11) is 0. The Balaban J connectivity index is 2.17. The minimum Gasteiger partial charge on any atom is -0.480 e. The number of fused-ring (bicyclic) bond motifs is 1. The molecule has 1 unspecified atom stereocenters. The number of carboxylic acid groups (broad SMARTS) is 1. The van der Waals surface area contributed by atoms with Gasteiger partial charge >= 0.3 is 5.97 Å². The minimum atomic E-state index is -0.910. The lowest BCUT2D eigenvalue weighted by atomic mass is 10.1. The third-order valence-electron chi connectivity index (χ3n) is 3.13. The van der Waals surface area contributed by atoms with E-state index in [1.807, 2.05) is 24.3 Å². The number of carboxylic acids is 1. The van der Waals surface area contributed by atoms with Gasteiger partial charge < -0.3 is 15.3 Å². The second-order valence-corrected chi connectivity index (χ2v) is 4.41. The number of nitrogens with zero attached hydrogens (tertiary/aromatic N) is 1. The Labute approximate surface area is 111 Å². The van der Waals surface area contributed by atoms with E-state index in [4.69, 9.17) is 0 Å². The molecule has 1 aliphatic heterocycles. The fourth-order valence-corrected chi connectivity index (χ4v) is 2.26. The highest BCUT2D eigenvalue weighted by atomic mass is 16.4. The Morgan fingerprint density at radius 2 is 2.21 bits per heavy atom. The van der Waals surface area contributed by atoms with Crippen LogP contribution in [0.2, 0.25) is 0 Å². The quantitative estimate of drug-likeness (QED) is 0.768. The summed E-state index contributed by atoms with van der Waals surface area (Å²) in [4.78, 5) is 24.7. The van der Waals surface area contributed by atoms with Gasteiger partial charge in [-0.3, -0.25) is 4.79 Å². The summed E-state index contributed by atoms with van der Waals surface area (Å²) in [5, 5.41) is 11.9. The molecule has 0 saturated heterocycles. The molecule has 0 bridgehead atoms. The fraction of sp³-hybridized carbons (Fsp3) is 0.286. The first kappa shape index (κ1) is 13.1. The van der Waals surface area contributed by atoms with Crippen molar-refractivity contribution < 1.29 is 14.7 Å². The van der Waals surface area contributed by atoms with E-state index in [0.717, 1.165) is 11.3 Å². The van der Waals surface area contributed by atoms with Crippen LogP contribution in [0.1, 0.15) is 5.56 Å². The van der Waals surface area contributed by atoms with Crippen LogP contribution in [0.4, 0.5) is 5.69 Å². The molecule has 1 heterocycles. The third-order valence-corrected chi connectivity index (χ3v) is 3.13. The highest BCUT2D eigenvalue weighted by molar-refractivity contribution is 5.88. The van der Waals surface area contributed by atoms with Gasteiger partial charge in [0.15, 0.2) is 0 Å². The zero-order chi connectivity index (χ0) is 13.8. The Hall–Kier alpha value is -2.30. The average Bonchev–Trinajstić information content (AvgIpc) is 2.76. The predicted octanol–water partition coefficient (Wildman–Crippen LogP) is 0.804. The standard InChI is InChI=1S/C14H16N2O3/c1-2-7-15-13(17)9-16-11-6-4-3-5-10(11)8-12(16)14(18)19/h2-6,12H,1,7-9H2,(H,15,17)(H,18,19). The van der Waals surface area contributed by atoms with Gasteiger partial charge in [-0.2, -0.15) is 0 Å². The van der Waals surface area contributed by atoms with Crippen LogP contribution in [-0.4, -0.2) is 36.1 Å². The van der Waals surface area contributed by atoms with E-state index in [-0.39, 0.29) is 12.5 Å². The summed E-state index contributed by atoms with van der Waals surface area (Å²) in [5.74, 6) is -1.12. The molecule has 19 heavy (non-hydrogen) atoms. The topological polar surface area (TPSA) is 69.6 Å². The third kappa shape index (κ3) is 2.76. The minimum absolute atomic E-state index is 0.0435. The molecule has 5 nitrogen and oxygen atoms in total. The van der Waals surface area contributed by atoms with Gasteiger partial charge in [0.1, 0.15) is 6.04 Å². The van der Waals surface area contributed by atoms with Gasteiger partial charge in [-0.1, -0.05) is 24.3 Å². The Morgan fingerprint density at radius 3 is 2.89 bits per heavy atom. The van der Waals surface area contributed by atoms with Gasteiger partial charge in [0.25, 0.3) is 0 Å². The highest BCUT2D eigenvalue weighted by Crippen LogP contribution is 2.31. The number of carbonyl (C=O) groups excluding carboxylic acids is 1. The number of carbonyl (C=O) groups is 2. The summed E-state index contributed by atoms with van der Waals surface area (Å²) < 4.78 is 0. The van der Waals surface area contributed by atoms with Crippen LogP contribution in [0.5, 0.6) is 0 Å². The molecule has 1 aromatic rings. The van der Waals surface area contributed by atoms with E-state index in [1.165, 1.54) is 0 Å². The molecular formula is C14H16N2O3. The molecule has 0 aromatic heterocycles. The van der Waals surface area contributed by atoms with Crippen LogP contribution < -0.4 is 10.2 Å². The number of para-hydroxylation sites is 1. The Kier molecular flexibility index (Phi) is 3.85. The van der Waals surface area contributed by atoms with Crippen molar-refractivity contribution >= 4 is 17.6 Å². The van der Waals surface area contributed by atoms with Crippen LogP contribution in [0.3, 0.4) is 0 Å². The smallest absolute Gasteiger partial charge is 0.326 e. The number of hydrogen-bond acceptors (Lipinski definition) is 3. The van der Waals surface area contributed by atoms with Gasteiger partial charge in [-0.25, -0.2) is 4.79 Å². The molecule has 0 aliphatic carbocycles. The van der Waals surface area contributed by atoms with Crippen molar-refractivity contribution in [2.24, 2.45) is 0 Å². The van der Waals surface area contributed by atoms with Crippen LogP contribution in [-0.2, 0) is 16.0 Å².